The van der Waals surface area contributed by atoms with E-state index in [2.05, 4.69) is 4.98 Å². The molecule has 0 bridgehead atoms. The first-order valence-corrected chi connectivity index (χ1v) is 7.66. The van der Waals surface area contributed by atoms with Gasteiger partial charge >= 0.3 is 5.97 Å². The number of nitrogens with two attached hydrogens (primary N) is 2. The Labute approximate surface area is 139 Å². The van der Waals surface area contributed by atoms with Crippen LogP contribution in [0.5, 0.6) is 5.88 Å². The minimum absolute atomic E-state index is 0.134. The lowest BCUT2D eigenvalue weighted by molar-refractivity contribution is -0.127. The van der Waals surface area contributed by atoms with E-state index in [1.165, 1.54) is 19.3 Å². The van der Waals surface area contributed by atoms with Crippen LogP contribution in [0.25, 0.3) is 10.2 Å². The van der Waals surface area contributed by atoms with Crippen LogP contribution in [-0.2, 0) is 9.53 Å². The molecule has 0 spiro atoms. The van der Waals surface area contributed by atoms with Crippen molar-refractivity contribution >= 4 is 50.7 Å². The Morgan fingerprint density at radius 1 is 1.39 bits per heavy atom. The van der Waals surface area contributed by atoms with Gasteiger partial charge in [0.2, 0.25) is 11.5 Å². The maximum Gasteiger partial charge on any atom is 0.352 e. The number of carbonyl (C=O) groups is 2. The Morgan fingerprint density at radius 3 is 2.57 bits per heavy atom. The zero-order valence-corrected chi connectivity index (χ0v) is 13.7. The molecule has 3 rings (SSSR count). The summed E-state index contributed by atoms with van der Waals surface area (Å²) >= 11 is 7.20. The number of anilines is 1. The van der Waals surface area contributed by atoms with Gasteiger partial charge in [-0.3, -0.25) is 4.79 Å². The fourth-order valence-corrected chi connectivity index (χ4v) is 3.37. The Bertz CT molecular complexity index is 884. The number of nitrogen functional groups attached to an aromatic ring is 1. The number of fused-ring (bicyclic) bond motifs is 1. The summed E-state index contributed by atoms with van der Waals surface area (Å²) < 4.78 is 10.2. The molecule has 0 aromatic carbocycles. The molecule has 0 atom stereocenters. The molecule has 9 heteroatoms. The van der Waals surface area contributed by atoms with Crippen LogP contribution >= 0.6 is 22.9 Å². The molecule has 1 aliphatic rings. The Morgan fingerprint density at radius 2 is 2.04 bits per heavy atom. The maximum atomic E-state index is 12.3. The second-order valence-electron chi connectivity index (χ2n) is 4.97. The van der Waals surface area contributed by atoms with Crippen LogP contribution < -0.4 is 16.2 Å². The average molecular weight is 354 g/mol. The highest BCUT2D eigenvalue weighted by Gasteiger charge is 2.45. The number of carbonyl (C=O) groups excluding carboxylic acids is 2. The number of aryl methyl sites for hydroxylation is 1. The van der Waals surface area contributed by atoms with Gasteiger partial charge in [0, 0.05) is 5.39 Å². The van der Waals surface area contributed by atoms with Gasteiger partial charge in [-0.2, -0.15) is 0 Å². The van der Waals surface area contributed by atoms with Gasteiger partial charge < -0.3 is 20.9 Å². The SMILES string of the molecule is COc1nc2sc(C(=O)OC3(C(N)=O)C=C3)c(N)c2c(C)c1Cl. The topological polar surface area (TPSA) is 118 Å². The number of nitrogens with zero attached hydrogens (tertiary/aromatic N) is 1. The Hall–Kier alpha value is -2.32. The smallest absolute Gasteiger partial charge is 0.352 e. The molecule has 4 N–H and O–H groups in total. The molecule has 0 radical (unpaired) electrons. The number of esters is 1. The normalized spacial score (nSPS) is 14.7. The first-order valence-electron chi connectivity index (χ1n) is 6.46. The summed E-state index contributed by atoms with van der Waals surface area (Å²) in [7, 11) is 1.45. The van der Waals surface area contributed by atoms with E-state index in [1.807, 2.05) is 0 Å². The van der Waals surface area contributed by atoms with Crippen LogP contribution in [0.3, 0.4) is 0 Å². The molecular weight excluding hydrogens is 342 g/mol. The number of rotatable bonds is 4. The molecule has 1 amide bonds. The van der Waals surface area contributed by atoms with Gasteiger partial charge in [-0.05, 0) is 24.6 Å². The highest BCUT2D eigenvalue weighted by atomic mass is 35.5. The largest absolute Gasteiger partial charge is 0.480 e. The van der Waals surface area contributed by atoms with E-state index < -0.39 is 17.5 Å². The van der Waals surface area contributed by atoms with E-state index >= 15 is 0 Å². The number of halogens is 1. The lowest BCUT2D eigenvalue weighted by Gasteiger charge is -2.12. The molecular formula is C14H12ClN3O4S. The minimum atomic E-state index is -1.45. The van der Waals surface area contributed by atoms with Crippen LogP contribution in [0.1, 0.15) is 15.2 Å². The molecule has 0 unspecified atom stereocenters. The van der Waals surface area contributed by atoms with Crippen LogP contribution in [0.4, 0.5) is 5.69 Å². The summed E-state index contributed by atoms with van der Waals surface area (Å²) in [6, 6.07) is 0. The molecule has 2 aromatic heterocycles. The number of hydrogen-bond donors (Lipinski definition) is 2. The Balaban J connectivity index is 2.06. The predicted molar refractivity (Wildman–Crippen MR) is 86.8 cm³/mol. The van der Waals surface area contributed by atoms with Crippen LogP contribution in [-0.4, -0.2) is 29.6 Å². The number of thiophene rings is 1. The molecule has 120 valence electrons. The lowest BCUT2D eigenvalue weighted by atomic mass is 10.1. The predicted octanol–water partition coefficient (Wildman–Crippen LogP) is 1.80. The summed E-state index contributed by atoms with van der Waals surface area (Å²) in [6.45, 7) is 1.75. The third-order valence-electron chi connectivity index (χ3n) is 3.52. The number of primary amides is 1. The number of amides is 1. The minimum Gasteiger partial charge on any atom is -0.480 e. The van der Waals surface area contributed by atoms with E-state index in [1.54, 1.807) is 6.92 Å². The van der Waals surface area contributed by atoms with Gasteiger partial charge in [0.1, 0.15) is 14.7 Å². The van der Waals surface area contributed by atoms with Gasteiger partial charge in [-0.1, -0.05) is 11.6 Å². The highest BCUT2D eigenvalue weighted by Crippen LogP contribution is 2.41. The first kappa shape index (κ1) is 15.6. The third-order valence-corrected chi connectivity index (χ3v) is 5.04. The van der Waals surface area contributed by atoms with Crippen LogP contribution in [0.15, 0.2) is 12.2 Å². The number of methoxy groups -OCH3 is 1. The molecule has 1 aliphatic carbocycles. The van der Waals surface area contributed by atoms with E-state index in [4.69, 9.17) is 32.5 Å². The maximum absolute atomic E-state index is 12.3. The molecule has 0 saturated carbocycles. The van der Waals surface area contributed by atoms with Gasteiger partial charge in [-0.15, -0.1) is 11.3 Å². The van der Waals surface area contributed by atoms with Crippen molar-refractivity contribution in [3.05, 3.63) is 27.6 Å². The van der Waals surface area contributed by atoms with Gasteiger partial charge in [0.15, 0.2) is 0 Å². The third kappa shape index (κ3) is 2.30. The number of ether oxygens (including phenoxy) is 2. The van der Waals surface area contributed by atoms with E-state index in [0.29, 0.717) is 20.8 Å². The van der Waals surface area contributed by atoms with Crippen molar-refractivity contribution in [2.75, 3.05) is 12.8 Å². The van der Waals surface area contributed by atoms with E-state index in [-0.39, 0.29) is 16.4 Å². The van der Waals surface area contributed by atoms with Crippen molar-refractivity contribution in [2.45, 2.75) is 12.5 Å². The molecule has 0 fully saturated rings. The summed E-state index contributed by atoms with van der Waals surface area (Å²) in [5.74, 6) is -1.26. The second kappa shape index (κ2) is 5.10. The number of pyridine rings is 1. The monoisotopic (exact) mass is 353 g/mol. The van der Waals surface area contributed by atoms with Crippen LogP contribution in [0.2, 0.25) is 5.02 Å². The average Bonchev–Trinajstić information content (AvgIpc) is 3.20. The zero-order chi connectivity index (χ0) is 16.9. The van der Waals surface area contributed by atoms with E-state index in [0.717, 1.165) is 11.3 Å². The van der Waals surface area contributed by atoms with Crippen molar-refractivity contribution in [2.24, 2.45) is 5.73 Å². The highest BCUT2D eigenvalue weighted by molar-refractivity contribution is 7.21. The molecule has 0 aliphatic heterocycles. The summed E-state index contributed by atoms with van der Waals surface area (Å²) in [5.41, 5.74) is 10.7. The van der Waals surface area contributed by atoms with Crippen LogP contribution in [0, 0.1) is 6.92 Å². The van der Waals surface area contributed by atoms with Crippen molar-refractivity contribution < 1.29 is 19.1 Å². The fourth-order valence-electron chi connectivity index (χ4n) is 2.13. The summed E-state index contributed by atoms with van der Waals surface area (Å²) in [4.78, 5) is 28.5. The fraction of sp³-hybridized carbons (Fsp3) is 0.214. The summed E-state index contributed by atoms with van der Waals surface area (Å²) in [6.07, 6.45) is 2.81. The molecule has 7 nitrogen and oxygen atoms in total. The van der Waals surface area contributed by atoms with Crippen molar-refractivity contribution in [1.29, 1.82) is 0 Å². The zero-order valence-electron chi connectivity index (χ0n) is 12.2. The van der Waals surface area contributed by atoms with E-state index in [9.17, 15) is 9.59 Å². The Kier molecular flexibility index (Phi) is 3.46. The van der Waals surface area contributed by atoms with Crippen molar-refractivity contribution in [3.63, 3.8) is 0 Å². The summed E-state index contributed by atoms with van der Waals surface area (Å²) in [5, 5.41) is 0.881. The second-order valence-corrected chi connectivity index (χ2v) is 6.34. The number of hydrogen-bond acceptors (Lipinski definition) is 7. The quantitative estimate of drug-likeness (QED) is 0.639. The molecule has 2 aromatic rings. The van der Waals surface area contributed by atoms with Gasteiger partial charge in [0.25, 0.3) is 5.91 Å². The number of aromatic nitrogens is 1. The molecule has 0 saturated heterocycles. The van der Waals surface area contributed by atoms with Crippen molar-refractivity contribution in [1.82, 2.24) is 4.98 Å². The standard InChI is InChI=1S/C14H12ClN3O4S/c1-5-6-8(16)9(12(19)22-14(3-4-14)13(17)20)23-11(6)18-10(21-2)7(5)15/h3-4H,16H2,1-2H3,(H2,17,20). The van der Waals surface area contributed by atoms with Crippen molar-refractivity contribution in [3.8, 4) is 5.88 Å². The first-order chi connectivity index (χ1) is 10.8. The molecule has 2 heterocycles. The lowest BCUT2D eigenvalue weighted by Crippen LogP contribution is -2.36. The molecule has 23 heavy (non-hydrogen) atoms. The van der Waals surface area contributed by atoms with Gasteiger partial charge in [-0.25, -0.2) is 9.78 Å². The van der Waals surface area contributed by atoms with Gasteiger partial charge in [0.05, 0.1) is 12.8 Å².